The predicted molar refractivity (Wildman–Crippen MR) is 56.3 cm³/mol. The number of carbonyl (C=O) groups is 1. The second kappa shape index (κ2) is 4.69. The molecule has 0 aliphatic carbocycles. The highest BCUT2D eigenvalue weighted by Crippen LogP contribution is 2.16. The second-order valence-electron chi connectivity index (χ2n) is 3.34. The van der Waals surface area contributed by atoms with E-state index in [0.717, 1.165) is 0 Å². The number of hydrogen-bond acceptors (Lipinski definition) is 7. The van der Waals surface area contributed by atoms with E-state index in [9.17, 15) is 4.79 Å². The summed E-state index contributed by atoms with van der Waals surface area (Å²) < 4.78 is 9.88. The van der Waals surface area contributed by atoms with Crippen molar-refractivity contribution in [2.75, 3.05) is 7.11 Å². The molecule has 0 aliphatic heterocycles. The predicted octanol–water partition coefficient (Wildman–Crippen LogP) is 0.667. The Hall–Kier alpha value is -2.31. The molecule has 0 atom stereocenters. The topological polar surface area (TPSA) is 91.0 Å². The molecule has 7 heteroatoms. The first-order valence-electron chi connectivity index (χ1n) is 4.87. The first-order chi connectivity index (χ1) is 8.19. The quantitative estimate of drug-likeness (QED) is 0.767. The molecule has 0 bridgehead atoms. The van der Waals surface area contributed by atoms with Crippen molar-refractivity contribution < 1.29 is 14.1 Å². The first-order valence-corrected chi connectivity index (χ1v) is 4.87. The molecular weight excluding hydrogens is 224 g/mol. The molecule has 0 fully saturated rings. The molecule has 88 valence electrons. The Morgan fingerprint density at radius 3 is 3.00 bits per heavy atom. The summed E-state index contributed by atoms with van der Waals surface area (Å²) in [5.41, 5.74) is 0.482. The third-order valence-electron chi connectivity index (χ3n) is 1.95. The Morgan fingerprint density at radius 2 is 2.29 bits per heavy atom. The minimum atomic E-state index is -0.0412. The number of ketones is 1. The number of hydrogen-bond donors (Lipinski definition) is 0. The van der Waals surface area contributed by atoms with E-state index in [1.807, 2.05) is 0 Å². The van der Waals surface area contributed by atoms with Gasteiger partial charge in [0.15, 0.2) is 0 Å². The lowest BCUT2D eigenvalue weighted by atomic mass is 10.3. The highest BCUT2D eigenvalue weighted by Gasteiger charge is 2.12. The number of ether oxygens (including phenoxy) is 1. The molecule has 2 aromatic rings. The van der Waals surface area contributed by atoms with Crippen LogP contribution in [0.1, 0.15) is 12.8 Å². The van der Waals surface area contributed by atoms with E-state index < -0.39 is 0 Å². The van der Waals surface area contributed by atoms with Gasteiger partial charge in [-0.2, -0.15) is 4.98 Å². The van der Waals surface area contributed by atoms with Crippen LogP contribution in [0.3, 0.4) is 0 Å². The third kappa shape index (κ3) is 2.63. The van der Waals surface area contributed by atoms with Crippen LogP contribution in [0.4, 0.5) is 0 Å². The van der Waals surface area contributed by atoms with Gasteiger partial charge in [-0.05, 0) is 6.92 Å². The first kappa shape index (κ1) is 11.2. The fraction of sp³-hybridized carbons (Fsp3) is 0.300. The molecule has 0 saturated carbocycles. The van der Waals surface area contributed by atoms with Crippen molar-refractivity contribution >= 4 is 5.78 Å². The average Bonchev–Trinajstić information content (AvgIpc) is 2.77. The summed E-state index contributed by atoms with van der Waals surface area (Å²) in [4.78, 5) is 22.8. The van der Waals surface area contributed by atoms with Crippen LogP contribution in [0.25, 0.3) is 11.5 Å². The van der Waals surface area contributed by atoms with Crippen molar-refractivity contribution in [3.63, 3.8) is 0 Å². The van der Waals surface area contributed by atoms with Gasteiger partial charge in [0.2, 0.25) is 17.6 Å². The number of rotatable bonds is 4. The van der Waals surface area contributed by atoms with E-state index in [2.05, 4.69) is 20.1 Å². The van der Waals surface area contributed by atoms with Crippen LogP contribution in [0, 0.1) is 0 Å². The zero-order valence-electron chi connectivity index (χ0n) is 9.38. The highest BCUT2D eigenvalue weighted by molar-refractivity contribution is 5.77. The van der Waals surface area contributed by atoms with Crippen molar-refractivity contribution in [2.24, 2.45) is 0 Å². The van der Waals surface area contributed by atoms with Gasteiger partial charge in [-0.1, -0.05) is 5.16 Å². The van der Waals surface area contributed by atoms with E-state index in [-0.39, 0.29) is 18.1 Å². The molecule has 0 amide bonds. The summed E-state index contributed by atoms with van der Waals surface area (Å²) in [5, 5.41) is 3.73. The van der Waals surface area contributed by atoms with Gasteiger partial charge in [0, 0.05) is 6.07 Å². The Balaban J connectivity index is 2.26. The van der Waals surface area contributed by atoms with E-state index >= 15 is 0 Å². The van der Waals surface area contributed by atoms with E-state index in [1.54, 1.807) is 6.07 Å². The van der Waals surface area contributed by atoms with Crippen molar-refractivity contribution in [2.45, 2.75) is 13.3 Å². The van der Waals surface area contributed by atoms with Gasteiger partial charge in [0.25, 0.3) is 0 Å². The van der Waals surface area contributed by atoms with Crippen LogP contribution in [0.15, 0.2) is 16.9 Å². The molecule has 0 N–H and O–H groups in total. The lowest BCUT2D eigenvalue weighted by molar-refractivity contribution is -0.116. The van der Waals surface area contributed by atoms with Crippen LogP contribution < -0.4 is 4.74 Å². The summed E-state index contributed by atoms with van der Waals surface area (Å²) in [6.07, 6.45) is 1.46. The smallest absolute Gasteiger partial charge is 0.234 e. The van der Waals surface area contributed by atoms with Crippen LogP contribution in [-0.4, -0.2) is 33.0 Å². The fourth-order valence-corrected chi connectivity index (χ4v) is 1.22. The van der Waals surface area contributed by atoms with Gasteiger partial charge in [-0.15, -0.1) is 0 Å². The number of aromatic nitrogens is 4. The third-order valence-corrected chi connectivity index (χ3v) is 1.95. The summed E-state index contributed by atoms with van der Waals surface area (Å²) >= 11 is 0. The molecule has 2 rings (SSSR count). The van der Waals surface area contributed by atoms with Gasteiger partial charge in [-0.3, -0.25) is 4.79 Å². The monoisotopic (exact) mass is 234 g/mol. The fourth-order valence-electron chi connectivity index (χ4n) is 1.22. The summed E-state index contributed by atoms with van der Waals surface area (Å²) in [7, 11) is 1.50. The zero-order chi connectivity index (χ0) is 12.3. The van der Waals surface area contributed by atoms with Gasteiger partial charge in [0.05, 0.1) is 13.5 Å². The van der Waals surface area contributed by atoms with Crippen LogP contribution in [-0.2, 0) is 11.2 Å². The number of Topliss-reactive ketones (excluding diaryl/α,β-unsaturated/α-hetero) is 1. The van der Waals surface area contributed by atoms with E-state index in [4.69, 9.17) is 9.26 Å². The largest absolute Gasteiger partial charge is 0.481 e. The molecule has 0 spiro atoms. The second-order valence-corrected chi connectivity index (χ2v) is 3.34. The molecule has 0 saturated heterocycles. The van der Waals surface area contributed by atoms with Crippen LogP contribution >= 0.6 is 0 Å². The molecule has 2 heterocycles. The molecule has 0 aromatic carbocycles. The number of methoxy groups -OCH3 is 1. The molecule has 0 radical (unpaired) electrons. The van der Waals surface area contributed by atoms with Crippen molar-refractivity contribution in [1.82, 2.24) is 20.1 Å². The Bertz CT molecular complexity index is 538. The SMILES string of the molecule is COc1cc(-c2noc(CC(C)=O)n2)ncn1. The van der Waals surface area contributed by atoms with Gasteiger partial charge < -0.3 is 9.26 Å². The molecule has 17 heavy (non-hydrogen) atoms. The van der Waals surface area contributed by atoms with Gasteiger partial charge in [-0.25, -0.2) is 9.97 Å². The van der Waals surface area contributed by atoms with Crippen LogP contribution in [0.5, 0.6) is 5.88 Å². The standard InChI is InChI=1S/C10H10N4O3/c1-6(15)3-9-13-10(14-17-9)7-4-8(16-2)12-5-11-7/h4-5H,3H2,1-2H3. The van der Waals surface area contributed by atoms with E-state index in [1.165, 1.54) is 20.4 Å². The van der Waals surface area contributed by atoms with Gasteiger partial charge >= 0.3 is 0 Å². The zero-order valence-corrected chi connectivity index (χ0v) is 9.38. The Morgan fingerprint density at radius 1 is 1.47 bits per heavy atom. The minimum absolute atomic E-state index is 0.0412. The van der Waals surface area contributed by atoms with Crippen molar-refractivity contribution in [3.8, 4) is 17.4 Å². The number of carbonyl (C=O) groups excluding carboxylic acids is 1. The Labute approximate surface area is 96.8 Å². The minimum Gasteiger partial charge on any atom is -0.481 e. The van der Waals surface area contributed by atoms with Crippen LogP contribution in [0.2, 0.25) is 0 Å². The Kier molecular flexibility index (Phi) is 3.08. The van der Waals surface area contributed by atoms with Crippen molar-refractivity contribution in [3.05, 3.63) is 18.3 Å². The summed E-state index contributed by atoms with van der Waals surface area (Å²) in [6.45, 7) is 1.46. The summed E-state index contributed by atoms with van der Waals surface area (Å²) in [5.74, 6) is 0.945. The van der Waals surface area contributed by atoms with E-state index in [0.29, 0.717) is 17.4 Å². The average molecular weight is 234 g/mol. The summed E-state index contributed by atoms with van der Waals surface area (Å²) in [6, 6.07) is 1.59. The van der Waals surface area contributed by atoms with Gasteiger partial charge in [0.1, 0.15) is 17.8 Å². The molecule has 0 unspecified atom stereocenters. The lowest BCUT2D eigenvalue weighted by Gasteiger charge is -1.97. The molecule has 0 aliphatic rings. The van der Waals surface area contributed by atoms with Crippen molar-refractivity contribution in [1.29, 1.82) is 0 Å². The maximum atomic E-state index is 10.9. The maximum Gasteiger partial charge on any atom is 0.234 e. The number of nitrogens with zero attached hydrogens (tertiary/aromatic N) is 4. The molecule has 2 aromatic heterocycles. The molecule has 7 nitrogen and oxygen atoms in total. The molecular formula is C10H10N4O3. The maximum absolute atomic E-state index is 10.9. The highest BCUT2D eigenvalue weighted by atomic mass is 16.5. The normalized spacial score (nSPS) is 10.2. The lowest BCUT2D eigenvalue weighted by Crippen LogP contribution is -1.96.